The van der Waals surface area contributed by atoms with Gasteiger partial charge in [-0.15, -0.1) is 0 Å². The Hall–Kier alpha value is -0.710. The zero-order chi connectivity index (χ0) is 16.2. The lowest BCUT2D eigenvalue weighted by Crippen LogP contribution is -2.68. The van der Waals surface area contributed by atoms with Crippen LogP contribution in [-0.4, -0.2) is 43.8 Å². The molecule has 0 saturated carbocycles. The second-order valence-electron chi connectivity index (χ2n) is 3.77. The number of halogens is 9. The highest BCUT2D eigenvalue weighted by molar-refractivity contribution is 5.02. The first-order chi connectivity index (χ1) is 8.81. The van der Waals surface area contributed by atoms with Crippen LogP contribution < -0.4 is 5.32 Å². The normalized spacial score (nSPS) is 14.7. The Morgan fingerprint density at radius 2 is 1.15 bits per heavy atom. The van der Waals surface area contributed by atoms with E-state index in [1.165, 1.54) is 0 Å². The Morgan fingerprint density at radius 3 is 1.45 bits per heavy atom. The van der Waals surface area contributed by atoms with Gasteiger partial charge in [0, 0.05) is 6.54 Å². The van der Waals surface area contributed by atoms with E-state index in [0.29, 0.717) is 6.42 Å². The summed E-state index contributed by atoms with van der Waals surface area (Å²) >= 11 is 0. The van der Waals surface area contributed by atoms with E-state index in [4.69, 9.17) is 0 Å². The highest BCUT2D eigenvalue weighted by atomic mass is 19.4. The summed E-state index contributed by atoms with van der Waals surface area (Å²) in [4.78, 5) is 0. The molecule has 0 spiro atoms. The molecule has 0 radical (unpaired) electrons. The summed E-state index contributed by atoms with van der Waals surface area (Å²) in [6.07, 6.45) is -19.5. The molecule has 11 heteroatoms. The summed E-state index contributed by atoms with van der Waals surface area (Å²) in [5, 5.41) is 2.33. The van der Waals surface area contributed by atoms with Gasteiger partial charge in [0.25, 0.3) is 0 Å². The predicted octanol–water partition coefficient (Wildman–Crippen LogP) is 3.43. The number of rotatable bonds is 6. The van der Waals surface area contributed by atoms with Gasteiger partial charge in [0.1, 0.15) is 0 Å². The van der Waals surface area contributed by atoms with Crippen molar-refractivity contribution in [3.05, 3.63) is 0 Å². The summed E-state index contributed by atoms with van der Waals surface area (Å²) in [5.74, 6) is 0. The monoisotopic (exact) mass is 321 g/mol. The fourth-order valence-electron chi connectivity index (χ4n) is 1.31. The maximum atomic E-state index is 12.4. The van der Waals surface area contributed by atoms with Gasteiger partial charge in [-0.25, -0.2) is 0 Å². The molecular weight excluding hydrogens is 309 g/mol. The van der Waals surface area contributed by atoms with Gasteiger partial charge in [-0.1, -0.05) is 6.92 Å². The fourth-order valence-corrected chi connectivity index (χ4v) is 1.31. The summed E-state index contributed by atoms with van der Waals surface area (Å²) in [6, 6.07) is 0. The van der Waals surface area contributed by atoms with Crippen molar-refractivity contribution in [2.75, 3.05) is 19.7 Å². The van der Waals surface area contributed by atoms with Crippen LogP contribution >= 0.6 is 0 Å². The highest BCUT2D eigenvalue weighted by Gasteiger charge is 2.85. The molecule has 0 amide bonds. The minimum atomic E-state index is -6.67. The topological polar surface area (TPSA) is 21.3 Å². The molecule has 20 heavy (non-hydrogen) atoms. The van der Waals surface area contributed by atoms with Crippen molar-refractivity contribution in [2.24, 2.45) is 0 Å². The summed E-state index contributed by atoms with van der Waals surface area (Å²) in [6.45, 7) is -0.0872. The minimum Gasteiger partial charge on any atom is -0.350 e. The van der Waals surface area contributed by atoms with Crippen molar-refractivity contribution in [3.8, 4) is 0 Å². The van der Waals surface area contributed by atoms with Crippen LogP contribution in [0.25, 0.3) is 0 Å². The second kappa shape index (κ2) is 6.37. The molecule has 0 aliphatic carbocycles. The Bertz CT molecular complexity index is 257. The van der Waals surface area contributed by atoms with E-state index in [9.17, 15) is 39.5 Å². The van der Waals surface area contributed by atoms with Gasteiger partial charge in [-0.2, -0.15) is 39.5 Å². The smallest absolute Gasteiger partial charge is 0.350 e. The molecule has 0 unspecified atom stereocenters. The maximum Gasteiger partial charge on any atom is 0.435 e. The number of alkyl halides is 9. The molecule has 0 heterocycles. The van der Waals surface area contributed by atoms with Gasteiger partial charge in [0.2, 0.25) is 0 Å². The van der Waals surface area contributed by atoms with Crippen LogP contribution in [0.1, 0.15) is 13.3 Å². The summed E-state index contributed by atoms with van der Waals surface area (Å²) in [5.41, 5.74) is -6.18. The zero-order valence-corrected chi connectivity index (χ0v) is 10.1. The van der Waals surface area contributed by atoms with Gasteiger partial charge < -0.3 is 10.1 Å². The third-order valence-electron chi connectivity index (χ3n) is 2.22. The molecule has 0 atom stereocenters. The average molecular weight is 321 g/mol. The van der Waals surface area contributed by atoms with Crippen LogP contribution in [-0.2, 0) is 4.74 Å². The number of hydrogen-bond acceptors (Lipinski definition) is 2. The summed E-state index contributed by atoms with van der Waals surface area (Å²) < 4.78 is 114. The third-order valence-corrected chi connectivity index (χ3v) is 2.22. The Labute approximate surface area is 108 Å². The molecule has 2 nitrogen and oxygen atoms in total. The Morgan fingerprint density at radius 1 is 0.750 bits per heavy atom. The van der Waals surface area contributed by atoms with Gasteiger partial charge in [0.15, 0.2) is 0 Å². The lowest BCUT2D eigenvalue weighted by molar-refractivity contribution is -0.457. The Balaban J connectivity index is 5.25. The average Bonchev–Trinajstić information content (AvgIpc) is 2.17. The molecule has 0 aliphatic heterocycles. The van der Waals surface area contributed by atoms with Crippen molar-refractivity contribution in [3.63, 3.8) is 0 Å². The summed E-state index contributed by atoms with van der Waals surface area (Å²) in [7, 11) is 0. The molecule has 0 bridgehead atoms. The first-order valence-corrected chi connectivity index (χ1v) is 5.36. The number of ether oxygens (including phenoxy) is 1. The van der Waals surface area contributed by atoms with E-state index in [2.05, 4.69) is 10.1 Å². The molecule has 0 aliphatic rings. The largest absolute Gasteiger partial charge is 0.435 e. The van der Waals surface area contributed by atoms with Gasteiger partial charge in [0.05, 0.1) is 6.61 Å². The van der Waals surface area contributed by atoms with E-state index >= 15 is 0 Å². The zero-order valence-electron chi connectivity index (χ0n) is 10.1. The minimum absolute atomic E-state index is 0.223. The molecule has 0 rings (SSSR count). The highest BCUT2D eigenvalue weighted by Crippen LogP contribution is 2.54. The molecule has 0 aromatic rings. The van der Waals surface area contributed by atoms with E-state index < -0.39 is 37.3 Å². The van der Waals surface area contributed by atoms with Gasteiger partial charge >= 0.3 is 24.1 Å². The first kappa shape index (κ1) is 19.3. The molecule has 1 N–H and O–H groups in total. The fraction of sp³-hybridized carbons (Fsp3) is 1.00. The van der Waals surface area contributed by atoms with E-state index in [-0.39, 0.29) is 6.54 Å². The molecular formula is C9H12F9NO. The van der Waals surface area contributed by atoms with Crippen molar-refractivity contribution in [1.82, 2.24) is 5.32 Å². The Kier molecular flexibility index (Phi) is 6.15. The first-order valence-electron chi connectivity index (χ1n) is 5.36. The SMILES string of the molecule is CCCNCCOC(C(F)(F)F)(C(F)(F)F)C(F)(F)F. The van der Waals surface area contributed by atoms with Crippen molar-refractivity contribution < 1.29 is 44.3 Å². The van der Waals surface area contributed by atoms with E-state index in [0.717, 1.165) is 0 Å². The lowest BCUT2D eigenvalue weighted by Gasteiger charge is -2.38. The van der Waals surface area contributed by atoms with Crippen molar-refractivity contribution in [1.29, 1.82) is 0 Å². The van der Waals surface area contributed by atoms with Crippen LogP contribution in [0.3, 0.4) is 0 Å². The molecule has 0 aromatic heterocycles. The van der Waals surface area contributed by atoms with Crippen LogP contribution in [0.5, 0.6) is 0 Å². The third kappa shape index (κ3) is 3.90. The van der Waals surface area contributed by atoms with Crippen molar-refractivity contribution in [2.45, 2.75) is 37.5 Å². The standard InChI is InChI=1S/C9H12F9NO/c1-2-3-19-4-5-20-6(7(10,11)12,8(13,14)15)9(16,17)18/h19H,2-5H2,1H3. The van der Waals surface area contributed by atoms with E-state index in [1.54, 1.807) is 6.92 Å². The van der Waals surface area contributed by atoms with Crippen LogP contribution in [0.2, 0.25) is 0 Å². The van der Waals surface area contributed by atoms with Crippen LogP contribution in [0.15, 0.2) is 0 Å². The number of nitrogens with one attached hydrogen (secondary N) is 1. The lowest BCUT2D eigenvalue weighted by atomic mass is 10.0. The quantitative estimate of drug-likeness (QED) is 0.598. The molecule has 0 fully saturated rings. The van der Waals surface area contributed by atoms with Gasteiger partial charge in [-0.05, 0) is 13.0 Å². The van der Waals surface area contributed by atoms with Gasteiger partial charge in [-0.3, -0.25) is 0 Å². The maximum absolute atomic E-state index is 12.4. The van der Waals surface area contributed by atoms with Crippen LogP contribution in [0, 0.1) is 0 Å². The van der Waals surface area contributed by atoms with Crippen LogP contribution in [0.4, 0.5) is 39.5 Å². The van der Waals surface area contributed by atoms with E-state index in [1.807, 2.05) is 0 Å². The molecule has 122 valence electrons. The number of hydrogen-bond donors (Lipinski definition) is 1. The predicted molar refractivity (Wildman–Crippen MR) is 50.0 cm³/mol. The van der Waals surface area contributed by atoms with Crippen molar-refractivity contribution >= 4 is 0 Å². The molecule has 0 aromatic carbocycles. The second-order valence-corrected chi connectivity index (χ2v) is 3.77. The molecule has 0 saturated heterocycles.